The first kappa shape index (κ1) is 22.9. The van der Waals surface area contributed by atoms with Crippen LogP contribution in [-0.2, 0) is 0 Å². The zero-order valence-electron chi connectivity index (χ0n) is 20.3. The van der Waals surface area contributed by atoms with Gasteiger partial charge in [0.25, 0.3) is 0 Å². The quantitative estimate of drug-likeness (QED) is 0.171. The Labute approximate surface area is 211 Å². The Bertz CT molecular complexity index is 1660. The molecular formula is C34H24N2. The highest BCUT2D eigenvalue weighted by Gasteiger charge is 2.11. The Morgan fingerprint density at radius 2 is 0.806 bits per heavy atom. The standard InChI is InChI=1S/C32H18N2.C2H6/c1-3-7-23(8-4-1)11-13-25-15-17-27-29(21-25)30-22-26(14-12-24-9-5-2-6-10-24)16-18-28(30)32-31(27)33-19-20-34-32;1-2/h1-10,15-22H;1-2H3. The normalized spacial score (nSPS) is 10.1. The van der Waals surface area contributed by atoms with Crippen LogP contribution >= 0.6 is 0 Å². The SMILES string of the molecule is C(#Cc1ccc2c(c1)c1cc(C#Cc3ccccc3)ccc1c1nccnc21)c1ccccc1.CC. The van der Waals surface area contributed by atoms with E-state index in [1.165, 1.54) is 0 Å². The topological polar surface area (TPSA) is 25.8 Å². The summed E-state index contributed by atoms with van der Waals surface area (Å²) >= 11 is 0. The molecule has 6 aromatic rings. The number of rotatable bonds is 0. The minimum Gasteiger partial charge on any atom is -0.252 e. The van der Waals surface area contributed by atoms with Crippen LogP contribution in [0.2, 0.25) is 0 Å². The van der Waals surface area contributed by atoms with Crippen LogP contribution in [0.1, 0.15) is 36.1 Å². The molecular weight excluding hydrogens is 436 g/mol. The highest BCUT2D eigenvalue weighted by Crippen LogP contribution is 2.33. The van der Waals surface area contributed by atoms with Crippen molar-refractivity contribution >= 4 is 32.6 Å². The summed E-state index contributed by atoms with van der Waals surface area (Å²) in [5.74, 6) is 13.1. The molecule has 0 N–H and O–H groups in total. The number of fused-ring (bicyclic) bond motifs is 6. The summed E-state index contributed by atoms with van der Waals surface area (Å²) in [6, 6.07) is 32.7. The van der Waals surface area contributed by atoms with E-state index in [4.69, 9.17) is 0 Å². The molecule has 170 valence electrons. The van der Waals surface area contributed by atoms with Gasteiger partial charge in [-0.25, -0.2) is 0 Å². The van der Waals surface area contributed by atoms with Crippen LogP contribution in [0.3, 0.4) is 0 Å². The molecule has 0 atom stereocenters. The van der Waals surface area contributed by atoms with E-state index in [1.807, 2.05) is 74.5 Å². The van der Waals surface area contributed by atoms with Crippen molar-refractivity contribution in [1.29, 1.82) is 0 Å². The van der Waals surface area contributed by atoms with Gasteiger partial charge >= 0.3 is 0 Å². The van der Waals surface area contributed by atoms with Gasteiger partial charge in [-0.05, 0) is 59.3 Å². The summed E-state index contributed by atoms with van der Waals surface area (Å²) in [7, 11) is 0. The van der Waals surface area contributed by atoms with E-state index in [-0.39, 0.29) is 0 Å². The lowest BCUT2D eigenvalue weighted by Crippen LogP contribution is -1.90. The molecule has 6 rings (SSSR count). The van der Waals surface area contributed by atoms with Gasteiger partial charge in [0.1, 0.15) is 0 Å². The van der Waals surface area contributed by atoms with Crippen molar-refractivity contribution in [3.8, 4) is 23.7 Å². The molecule has 2 nitrogen and oxygen atoms in total. The second-order valence-electron chi connectivity index (χ2n) is 8.01. The molecule has 1 heterocycles. The van der Waals surface area contributed by atoms with E-state index in [0.29, 0.717) is 0 Å². The first-order valence-corrected chi connectivity index (χ1v) is 12.1. The fourth-order valence-electron chi connectivity index (χ4n) is 4.17. The van der Waals surface area contributed by atoms with Crippen molar-refractivity contribution < 1.29 is 0 Å². The second-order valence-corrected chi connectivity index (χ2v) is 8.01. The lowest BCUT2D eigenvalue weighted by atomic mass is 9.96. The maximum absolute atomic E-state index is 4.65. The molecule has 0 aliphatic heterocycles. The number of aromatic nitrogens is 2. The van der Waals surface area contributed by atoms with Crippen LogP contribution in [-0.4, -0.2) is 9.97 Å². The smallest absolute Gasteiger partial charge is 0.0971 e. The third-order valence-electron chi connectivity index (χ3n) is 5.79. The van der Waals surface area contributed by atoms with Gasteiger partial charge in [0.15, 0.2) is 0 Å². The first-order valence-electron chi connectivity index (χ1n) is 12.1. The molecule has 1 aromatic heterocycles. The van der Waals surface area contributed by atoms with Gasteiger partial charge in [0.05, 0.1) is 11.0 Å². The Morgan fingerprint density at radius 1 is 0.417 bits per heavy atom. The number of hydrogen-bond acceptors (Lipinski definition) is 2. The molecule has 0 spiro atoms. The minimum atomic E-state index is 0.899. The fraction of sp³-hybridized carbons (Fsp3) is 0.0588. The highest BCUT2D eigenvalue weighted by atomic mass is 14.8. The largest absolute Gasteiger partial charge is 0.252 e. The molecule has 0 bridgehead atoms. The summed E-state index contributed by atoms with van der Waals surface area (Å²) in [4.78, 5) is 9.31. The van der Waals surface area contributed by atoms with Crippen LogP contribution in [0.15, 0.2) is 109 Å². The van der Waals surface area contributed by atoms with E-state index in [0.717, 1.165) is 54.8 Å². The van der Waals surface area contributed by atoms with Crippen molar-refractivity contribution in [3.05, 3.63) is 132 Å². The second kappa shape index (κ2) is 10.6. The third-order valence-corrected chi connectivity index (χ3v) is 5.79. The van der Waals surface area contributed by atoms with Crippen LogP contribution in [0.4, 0.5) is 0 Å². The van der Waals surface area contributed by atoms with Gasteiger partial charge in [-0.1, -0.05) is 86.1 Å². The molecule has 0 fully saturated rings. The third kappa shape index (κ3) is 4.67. The van der Waals surface area contributed by atoms with E-state index >= 15 is 0 Å². The maximum atomic E-state index is 4.65. The zero-order chi connectivity index (χ0) is 24.7. The van der Waals surface area contributed by atoms with Crippen molar-refractivity contribution in [2.45, 2.75) is 13.8 Å². The van der Waals surface area contributed by atoms with Gasteiger partial charge in [-0.2, -0.15) is 0 Å². The van der Waals surface area contributed by atoms with Gasteiger partial charge in [0.2, 0.25) is 0 Å². The molecule has 0 radical (unpaired) electrons. The zero-order valence-corrected chi connectivity index (χ0v) is 20.3. The Balaban J connectivity index is 0.00000130. The molecule has 2 heteroatoms. The fourth-order valence-corrected chi connectivity index (χ4v) is 4.17. The van der Waals surface area contributed by atoms with E-state index < -0.39 is 0 Å². The Hall–Kier alpha value is -4.92. The average molecular weight is 461 g/mol. The molecule has 36 heavy (non-hydrogen) atoms. The summed E-state index contributed by atoms with van der Waals surface area (Å²) in [6.07, 6.45) is 3.49. The van der Waals surface area contributed by atoms with Crippen LogP contribution in [0.5, 0.6) is 0 Å². The highest BCUT2D eigenvalue weighted by molar-refractivity contribution is 6.23. The van der Waals surface area contributed by atoms with Crippen molar-refractivity contribution in [2.75, 3.05) is 0 Å². The number of nitrogens with zero attached hydrogens (tertiary/aromatic N) is 2. The summed E-state index contributed by atoms with van der Waals surface area (Å²) in [6.45, 7) is 4.00. The van der Waals surface area contributed by atoms with Gasteiger partial charge in [0, 0.05) is 45.4 Å². The van der Waals surface area contributed by atoms with Crippen LogP contribution in [0.25, 0.3) is 32.6 Å². The minimum absolute atomic E-state index is 0.899. The van der Waals surface area contributed by atoms with Gasteiger partial charge in [-0.15, -0.1) is 0 Å². The predicted octanol–water partition coefficient (Wildman–Crippen LogP) is 7.76. The summed E-state index contributed by atoms with van der Waals surface area (Å²) in [5, 5.41) is 4.33. The Morgan fingerprint density at radius 3 is 1.22 bits per heavy atom. The molecule has 0 unspecified atom stereocenters. The molecule has 0 aliphatic carbocycles. The van der Waals surface area contributed by atoms with E-state index in [1.54, 1.807) is 12.4 Å². The number of benzene rings is 5. The predicted molar refractivity (Wildman–Crippen MR) is 151 cm³/mol. The Kier molecular flexibility index (Phi) is 6.70. The first-order chi connectivity index (χ1) is 17.8. The number of hydrogen-bond donors (Lipinski definition) is 0. The molecule has 0 aliphatic rings. The molecule has 5 aromatic carbocycles. The average Bonchev–Trinajstić information content (AvgIpc) is 2.97. The van der Waals surface area contributed by atoms with Gasteiger partial charge < -0.3 is 0 Å². The lowest BCUT2D eigenvalue weighted by molar-refractivity contribution is 1.31. The molecule has 0 amide bonds. The summed E-state index contributed by atoms with van der Waals surface area (Å²) < 4.78 is 0. The lowest BCUT2D eigenvalue weighted by Gasteiger charge is -2.09. The maximum Gasteiger partial charge on any atom is 0.0971 e. The van der Waals surface area contributed by atoms with Crippen molar-refractivity contribution in [2.24, 2.45) is 0 Å². The summed E-state index contributed by atoms with van der Waals surface area (Å²) in [5.41, 5.74) is 5.71. The van der Waals surface area contributed by atoms with Crippen LogP contribution < -0.4 is 0 Å². The van der Waals surface area contributed by atoms with Crippen LogP contribution in [0, 0.1) is 23.7 Å². The monoisotopic (exact) mass is 460 g/mol. The van der Waals surface area contributed by atoms with Crippen molar-refractivity contribution in [3.63, 3.8) is 0 Å². The van der Waals surface area contributed by atoms with Gasteiger partial charge in [-0.3, -0.25) is 9.97 Å². The molecule has 0 saturated heterocycles. The van der Waals surface area contributed by atoms with E-state index in [9.17, 15) is 0 Å². The van der Waals surface area contributed by atoms with E-state index in [2.05, 4.69) is 70.0 Å². The molecule has 0 saturated carbocycles. The van der Waals surface area contributed by atoms with Crippen molar-refractivity contribution in [1.82, 2.24) is 9.97 Å².